The normalized spacial score (nSPS) is 12.5. The highest BCUT2D eigenvalue weighted by Crippen LogP contribution is 2.18. The molecule has 0 aromatic carbocycles. The number of pyridine rings is 1. The first-order chi connectivity index (χ1) is 8.97. The van der Waals surface area contributed by atoms with Gasteiger partial charge in [-0.05, 0) is 18.1 Å². The van der Waals surface area contributed by atoms with Crippen molar-refractivity contribution in [1.82, 2.24) is 4.98 Å². The largest absolute Gasteiger partial charge is 0.478 e. The summed E-state index contributed by atoms with van der Waals surface area (Å²) in [4.78, 5) is 15.4. The standard InChI is InChI=1S/C13H20N2O4/c1-8(2)11-4-9(13(17)18)5-12(15-11)14-10(6-16)7-19-3/h4-5,8,10,16H,6-7H2,1-3H3,(H,14,15)(H,17,18). The quantitative estimate of drug-likeness (QED) is 0.691. The number of carboxylic acid groups (broad SMARTS) is 1. The van der Waals surface area contributed by atoms with Crippen molar-refractivity contribution in [2.24, 2.45) is 0 Å². The maximum Gasteiger partial charge on any atom is 0.335 e. The Labute approximate surface area is 112 Å². The first-order valence-electron chi connectivity index (χ1n) is 6.09. The minimum atomic E-state index is -1.00. The van der Waals surface area contributed by atoms with Crippen LogP contribution in [0, 0.1) is 0 Å². The predicted octanol–water partition coefficient (Wildman–Crippen LogP) is 1.32. The molecular weight excluding hydrogens is 248 g/mol. The van der Waals surface area contributed by atoms with Gasteiger partial charge in [-0.15, -0.1) is 0 Å². The lowest BCUT2D eigenvalue weighted by Gasteiger charge is -2.17. The van der Waals surface area contributed by atoms with E-state index < -0.39 is 5.97 Å². The molecular formula is C13H20N2O4. The summed E-state index contributed by atoms with van der Waals surface area (Å²) >= 11 is 0. The fourth-order valence-corrected chi connectivity index (χ4v) is 1.60. The number of ether oxygens (including phenoxy) is 1. The molecule has 0 bridgehead atoms. The fourth-order valence-electron chi connectivity index (χ4n) is 1.60. The maximum absolute atomic E-state index is 11.1. The summed E-state index contributed by atoms with van der Waals surface area (Å²) in [5, 5.41) is 21.2. The van der Waals surface area contributed by atoms with E-state index in [-0.39, 0.29) is 24.1 Å². The number of methoxy groups -OCH3 is 1. The highest BCUT2D eigenvalue weighted by Gasteiger charge is 2.13. The lowest BCUT2D eigenvalue weighted by atomic mass is 10.1. The van der Waals surface area contributed by atoms with Crippen molar-refractivity contribution in [2.75, 3.05) is 25.6 Å². The minimum Gasteiger partial charge on any atom is -0.478 e. The van der Waals surface area contributed by atoms with E-state index >= 15 is 0 Å². The molecule has 0 aliphatic carbocycles. The lowest BCUT2D eigenvalue weighted by Crippen LogP contribution is -2.29. The van der Waals surface area contributed by atoms with E-state index in [4.69, 9.17) is 9.84 Å². The average molecular weight is 268 g/mol. The van der Waals surface area contributed by atoms with Gasteiger partial charge in [0, 0.05) is 12.8 Å². The number of aliphatic hydroxyl groups is 1. The third-order valence-electron chi connectivity index (χ3n) is 2.62. The smallest absolute Gasteiger partial charge is 0.335 e. The molecule has 6 heteroatoms. The van der Waals surface area contributed by atoms with Crippen LogP contribution in [0.3, 0.4) is 0 Å². The van der Waals surface area contributed by atoms with Crippen molar-refractivity contribution < 1.29 is 19.7 Å². The highest BCUT2D eigenvalue weighted by molar-refractivity contribution is 5.88. The lowest BCUT2D eigenvalue weighted by molar-refractivity contribution is 0.0696. The summed E-state index contributed by atoms with van der Waals surface area (Å²) in [5.74, 6) is -0.450. The van der Waals surface area contributed by atoms with E-state index in [1.54, 1.807) is 6.07 Å². The van der Waals surface area contributed by atoms with Crippen LogP contribution in [0.1, 0.15) is 35.8 Å². The first kappa shape index (κ1) is 15.4. The number of aliphatic hydroxyl groups excluding tert-OH is 1. The van der Waals surface area contributed by atoms with Crippen molar-refractivity contribution in [3.8, 4) is 0 Å². The van der Waals surface area contributed by atoms with E-state index in [1.165, 1.54) is 13.2 Å². The molecule has 0 saturated heterocycles. The van der Waals surface area contributed by atoms with E-state index in [0.717, 1.165) is 0 Å². The summed E-state index contributed by atoms with van der Waals surface area (Å²) in [5.41, 5.74) is 0.867. The number of anilines is 1. The van der Waals surface area contributed by atoms with Gasteiger partial charge in [-0.3, -0.25) is 0 Å². The van der Waals surface area contributed by atoms with Crippen LogP contribution < -0.4 is 5.32 Å². The van der Waals surface area contributed by atoms with Crippen molar-refractivity contribution in [1.29, 1.82) is 0 Å². The number of carboxylic acids is 1. The number of aromatic carboxylic acids is 1. The number of rotatable bonds is 7. The van der Waals surface area contributed by atoms with Crippen LogP contribution in [0.2, 0.25) is 0 Å². The summed E-state index contributed by atoms with van der Waals surface area (Å²) in [6.45, 7) is 4.07. The molecule has 0 aliphatic rings. The minimum absolute atomic E-state index is 0.120. The van der Waals surface area contributed by atoms with Crippen LogP contribution in [0.25, 0.3) is 0 Å². The third kappa shape index (κ3) is 4.50. The third-order valence-corrected chi connectivity index (χ3v) is 2.62. The van der Waals surface area contributed by atoms with Gasteiger partial charge in [-0.2, -0.15) is 0 Å². The van der Waals surface area contributed by atoms with Crippen LogP contribution in [0.5, 0.6) is 0 Å². The Bertz CT molecular complexity index is 435. The van der Waals surface area contributed by atoms with Crippen LogP contribution in [-0.4, -0.2) is 47.5 Å². The van der Waals surface area contributed by atoms with Gasteiger partial charge in [0.15, 0.2) is 0 Å². The Morgan fingerprint density at radius 3 is 2.63 bits per heavy atom. The van der Waals surface area contributed by atoms with Gasteiger partial charge in [0.25, 0.3) is 0 Å². The van der Waals surface area contributed by atoms with Gasteiger partial charge in [-0.1, -0.05) is 13.8 Å². The zero-order chi connectivity index (χ0) is 14.4. The molecule has 1 unspecified atom stereocenters. The van der Waals surface area contributed by atoms with Gasteiger partial charge in [-0.25, -0.2) is 9.78 Å². The molecule has 0 fully saturated rings. The number of hydrogen-bond acceptors (Lipinski definition) is 5. The molecule has 6 nitrogen and oxygen atoms in total. The van der Waals surface area contributed by atoms with Gasteiger partial charge in [0.05, 0.1) is 24.8 Å². The molecule has 1 aromatic rings. The zero-order valence-corrected chi connectivity index (χ0v) is 11.4. The molecule has 1 rings (SSSR count). The second-order valence-corrected chi connectivity index (χ2v) is 4.60. The van der Waals surface area contributed by atoms with Crippen molar-refractivity contribution in [3.63, 3.8) is 0 Å². The van der Waals surface area contributed by atoms with E-state index in [2.05, 4.69) is 10.3 Å². The summed E-state index contributed by atoms with van der Waals surface area (Å²) in [7, 11) is 1.53. The molecule has 3 N–H and O–H groups in total. The van der Waals surface area contributed by atoms with Crippen molar-refractivity contribution >= 4 is 11.8 Å². The number of nitrogens with one attached hydrogen (secondary N) is 1. The van der Waals surface area contributed by atoms with E-state index in [0.29, 0.717) is 18.1 Å². The molecule has 106 valence electrons. The van der Waals surface area contributed by atoms with E-state index in [9.17, 15) is 9.90 Å². The Kier molecular flexibility index (Phi) is 5.72. The van der Waals surface area contributed by atoms with Crippen LogP contribution in [0.4, 0.5) is 5.82 Å². The van der Waals surface area contributed by atoms with Gasteiger partial charge in [0.2, 0.25) is 0 Å². The SMILES string of the molecule is COCC(CO)Nc1cc(C(=O)O)cc(C(C)C)n1. The van der Waals surface area contributed by atoms with E-state index in [1.807, 2.05) is 13.8 Å². The summed E-state index contributed by atoms with van der Waals surface area (Å²) in [6.07, 6.45) is 0. The van der Waals surface area contributed by atoms with Gasteiger partial charge in [0.1, 0.15) is 5.82 Å². The number of nitrogens with zero attached hydrogens (tertiary/aromatic N) is 1. The second-order valence-electron chi connectivity index (χ2n) is 4.60. The Balaban J connectivity index is 3.01. The number of carbonyl (C=O) groups is 1. The van der Waals surface area contributed by atoms with Gasteiger partial charge < -0.3 is 20.3 Å². The Morgan fingerprint density at radius 1 is 1.47 bits per heavy atom. The molecule has 1 aromatic heterocycles. The molecule has 19 heavy (non-hydrogen) atoms. The second kappa shape index (κ2) is 7.06. The Morgan fingerprint density at radius 2 is 2.16 bits per heavy atom. The molecule has 0 aliphatic heterocycles. The summed E-state index contributed by atoms with van der Waals surface area (Å²) in [6, 6.07) is 2.69. The monoisotopic (exact) mass is 268 g/mol. The number of hydrogen-bond donors (Lipinski definition) is 3. The fraction of sp³-hybridized carbons (Fsp3) is 0.538. The van der Waals surface area contributed by atoms with Crippen LogP contribution in [-0.2, 0) is 4.74 Å². The van der Waals surface area contributed by atoms with Crippen molar-refractivity contribution in [3.05, 3.63) is 23.4 Å². The first-order valence-corrected chi connectivity index (χ1v) is 6.09. The molecule has 0 saturated carbocycles. The summed E-state index contributed by atoms with van der Waals surface area (Å²) < 4.78 is 4.96. The number of aromatic nitrogens is 1. The maximum atomic E-state index is 11.1. The molecule has 0 amide bonds. The Hall–Kier alpha value is -1.66. The zero-order valence-electron chi connectivity index (χ0n) is 11.4. The average Bonchev–Trinajstić information content (AvgIpc) is 2.37. The predicted molar refractivity (Wildman–Crippen MR) is 71.7 cm³/mol. The highest BCUT2D eigenvalue weighted by atomic mass is 16.5. The molecule has 1 atom stereocenters. The van der Waals surface area contributed by atoms with Crippen LogP contribution in [0.15, 0.2) is 12.1 Å². The van der Waals surface area contributed by atoms with Crippen LogP contribution >= 0.6 is 0 Å². The molecule has 0 spiro atoms. The molecule has 1 heterocycles. The van der Waals surface area contributed by atoms with Gasteiger partial charge >= 0.3 is 5.97 Å². The topological polar surface area (TPSA) is 91.7 Å². The molecule has 0 radical (unpaired) electrons. The van der Waals surface area contributed by atoms with Crippen molar-refractivity contribution in [2.45, 2.75) is 25.8 Å².